The fourth-order valence-corrected chi connectivity index (χ4v) is 8.61. The van der Waals surface area contributed by atoms with Crippen molar-refractivity contribution in [3.63, 3.8) is 0 Å². The van der Waals surface area contributed by atoms with Crippen LogP contribution in [-0.2, 0) is 38.0 Å². The second-order valence-electron chi connectivity index (χ2n) is 11.0. The number of rotatable bonds is 4. The first-order chi connectivity index (χ1) is 16.0. The summed E-state index contributed by atoms with van der Waals surface area (Å²) in [6.45, 7) is 3.30. The fraction of sp³-hybridized carbons (Fsp3) is 0.840. The molecular weight excluding hydrogens is 428 g/mol. The van der Waals surface area contributed by atoms with Gasteiger partial charge in [-0.25, -0.2) is 0 Å². The lowest BCUT2D eigenvalue weighted by atomic mass is 9.47. The Labute approximate surface area is 194 Å². The smallest absolute Gasteiger partial charge is 0.226 e. The lowest BCUT2D eigenvalue weighted by Gasteiger charge is -2.59. The predicted octanol–water partition coefficient (Wildman–Crippen LogP) is 2.60. The number of ether oxygens (including phenoxy) is 6. The van der Waals surface area contributed by atoms with E-state index in [0.29, 0.717) is 24.9 Å². The minimum absolute atomic E-state index is 0.0457. The summed E-state index contributed by atoms with van der Waals surface area (Å²) in [6.07, 6.45) is 7.74. The van der Waals surface area contributed by atoms with Crippen molar-refractivity contribution in [1.29, 1.82) is 0 Å². The van der Waals surface area contributed by atoms with Crippen molar-refractivity contribution in [3.8, 4) is 0 Å². The average Bonchev–Trinajstić information content (AvgIpc) is 3.53. The van der Waals surface area contributed by atoms with E-state index >= 15 is 0 Å². The van der Waals surface area contributed by atoms with E-state index in [9.17, 15) is 9.59 Å². The third kappa shape index (κ3) is 2.98. The molecule has 8 nitrogen and oxygen atoms in total. The molecule has 0 aromatic carbocycles. The van der Waals surface area contributed by atoms with Crippen LogP contribution in [0.5, 0.6) is 0 Å². The van der Waals surface area contributed by atoms with Crippen LogP contribution in [0.3, 0.4) is 0 Å². The summed E-state index contributed by atoms with van der Waals surface area (Å²) in [5.74, 6) is -0.136. The van der Waals surface area contributed by atoms with Crippen molar-refractivity contribution >= 4 is 12.1 Å². The molecule has 6 aliphatic rings. The molecule has 5 fully saturated rings. The molecule has 9 atom stereocenters. The van der Waals surface area contributed by atoms with Crippen LogP contribution in [0.1, 0.15) is 45.4 Å². The molecule has 0 bridgehead atoms. The summed E-state index contributed by atoms with van der Waals surface area (Å²) in [5.41, 5.74) is 0.422. The molecule has 4 aliphatic carbocycles. The summed E-state index contributed by atoms with van der Waals surface area (Å²) in [4.78, 5) is 24.3. The minimum atomic E-state index is -0.839. The lowest BCUT2D eigenvalue weighted by molar-refractivity contribution is -0.238. The van der Waals surface area contributed by atoms with Gasteiger partial charge in [-0.05, 0) is 73.7 Å². The highest BCUT2D eigenvalue weighted by molar-refractivity contribution is 6.02. The number of allylic oxidation sites excluding steroid dienone is 1. The SMILES string of the molecule is COCO[C@H]1CC2C(CC[C@@]23OCOC32COCO2)C2CCC3=CC(=O)C(C=O)C[C@]3(C)C21. The van der Waals surface area contributed by atoms with Crippen molar-refractivity contribution < 1.29 is 38.0 Å². The largest absolute Gasteiger partial charge is 0.359 e. The monoisotopic (exact) mass is 462 g/mol. The number of ketones is 1. The molecule has 0 radical (unpaired) electrons. The molecule has 6 rings (SSSR count). The van der Waals surface area contributed by atoms with Gasteiger partial charge >= 0.3 is 0 Å². The van der Waals surface area contributed by atoms with Gasteiger partial charge in [-0.3, -0.25) is 4.79 Å². The Morgan fingerprint density at radius 3 is 2.79 bits per heavy atom. The number of aldehydes is 1. The van der Waals surface area contributed by atoms with Gasteiger partial charge in [-0.2, -0.15) is 0 Å². The van der Waals surface area contributed by atoms with Crippen molar-refractivity contribution in [2.75, 3.05) is 34.1 Å². The van der Waals surface area contributed by atoms with E-state index in [4.69, 9.17) is 28.4 Å². The van der Waals surface area contributed by atoms with Crippen LogP contribution in [0, 0.1) is 35.0 Å². The third-order valence-electron chi connectivity index (χ3n) is 9.89. The maximum Gasteiger partial charge on any atom is 0.226 e. The van der Waals surface area contributed by atoms with Gasteiger partial charge in [0.15, 0.2) is 19.4 Å². The van der Waals surface area contributed by atoms with Crippen LogP contribution in [0.2, 0.25) is 0 Å². The van der Waals surface area contributed by atoms with Crippen LogP contribution in [0.25, 0.3) is 0 Å². The molecule has 2 aliphatic heterocycles. The normalized spacial score (nSPS) is 50.8. The summed E-state index contributed by atoms with van der Waals surface area (Å²) in [5, 5.41) is 0. The maximum absolute atomic E-state index is 12.5. The van der Waals surface area contributed by atoms with Crippen LogP contribution in [0.15, 0.2) is 11.6 Å². The summed E-state index contributed by atoms with van der Waals surface area (Å²) < 4.78 is 35.9. The average molecular weight is 463 g/mol. The highest BCUT2D eigenvalue weighted by Gasteiger charge is 2.72. The van der Waals surface area contributed by atoms with Gasteiger partial charge in [0.1, 0.15) is 25.3 Å². The number of methoxy groups -OCH3 is 1. The highest BCUT2D eigenvalue weighted by atomic mass is 16.9. The van der Waals surface area contributed by atoms with Crippen LogP contribution in [0.4, 0.5) is 0 Å². The van der Waals surface area contributed by atoms with E-state index in [1.165, 1.54) is 5.57 Å². The molecule has 33 heavy (non-hydrogen) atoms. The molecule has 2 saturated heterocycles. The Bertz CT molecular complexity index is 844. The summed E-state index contributed by atoms with van der Waals surface area (Å²) in [6, 6.07) is 0. The van der Waals surface area contributed by atoms with Gasteiger partial charge in [-0.15, -0.1) is 0 Å². The maximum atomic E-state index is 12.5. The van der Waals surface area contributed by atoms with Crippen molar-refractivity contribution in [2.45, 2.75) is 62.9 Å². The molecule has 2 heterocycles. The van der Waals surface area contributed by atoms with Gasteiger partial charge in [0.05, 0.1) is 12.0 Å². The Hall–Kier alpha value is -1.16. The van der Waals surface area contributed by atoms with E-state index in [1.807, 2.05) is 0 Å². The summed E-state index contributed by atoms with van der Waals surface area (Å²) in [7, 11) is 1.64. The minimum Gasteiger partial charge on any atom is -0.359 e. The van der Waals surface area contributed by atoms with Gasteiger partial charge in [0, 0.05) is 7.11 Å². The molecule has 0 aromatic rings. The first kappa shape index (κ1) is 22.3. The molecule has 0 amide bonds. The van der Waals surface area contributed by atoms with Crippen LogP contribution in [-0.4, -0.2) is 63.7 Å². The topological polar surface area (TPSA) is 89.5 Å². The second kappa shape index (κ2) is 7.93. The molecule has 6 unspecified atom stereocenters. The van der Waals surface area contributed by atoms with E-state index < -0.39 is 17.3 Å². The number of hydrogen-bond acceptors (Lipinski definition) is 8. The number of carbonyl (C=O) groups is 2. The third-order valence-corrected chi connectivity index (χ3v) is 9.89. The van der Waals surface area contributed by atoms with Crippen molar-refractivity contribution in [1.82, 2.24) is 0 Å². The number of fused-ring (bicyclic) bond motifs is 7. The number of carbonyl (C=O) groups excluding carboxylic acids is 2. The van der Waals surface area contributed by atoms with Crippen molar-refractivity contribution in [2.24, 2.45) is 35.0 Å². The predicted molar refractivity (Wildman–Crippen MR) is 114 cm³/mol. The second-order valence-corrected chi connectivity index (χ2v) is 11.0. The van der Waals surface area contributed by atoms with Crippen LogP contribution >= 0.6 is 0 Å². The molecule has 182 valence electrons. The zero-order chi connectivity index (χ0) is 22.8. The molecule has 3 saturated carbocycles. The van der Waals surface area contributed by atoms with Gasteiger partial charge < -0.3 is 33.2 Å². The van der Waals surface area contributed by atoms with Crippen molar-refractivity contribution in [3.05, 3.63) is 11.6 Å². The van der Waals surface area contributed by atoms with Crippen LogP contribution < -0.4 is 0 Å². The Morgan fingerprint density at radius 1 is 1.18 bits per heavy atom. The first-order valence-electron chi connectivity index (χ1n) is 12.3. The van der Waals surface area contributed by atoms with Gasteiger partial charge in [0.25, 0.3) is 0 Å². The van der Waals surface area contributed by atoms with E-state index in [0.717, 1.165) is 38.4 Å². The van der Waals surface area contributed by atoms with Gasteiger partial charge in [0.2, 0.25) is 5.79 Å². The zero-order valence-electron chi connectivity index (χ0n) is 19.5. The van der Waals surface area contributed by atoms with E-state index in [1.54, 1.807) is 13.2 Å². The Kier molecular flexibility index (Phi) is 5.36. The Balaban J connectivity index is 1.38. The molecule has 0 aromatic heterocycles. The molecular formula is C25H34O8. The lowest BCUT2D eigenvalue weighted by Crippen LogP contribution is -2.62. The van der Waals surface area contributed by atoms with E-state index in [-0.39, 0.29) is 49.5 Å². The molecule has 8 heteroatoms. The highest BCUT2D eigenvalue weighted by Crippen LogP contribution is 2.67. The fourth-order valence-electron chi connectivity index (χ4n) is 8.61. The molecule has 0 N–H and O–H groups in total. The zero-order valence-corrected chi connectivity index (χ0v) is 19.5. The first-order valence-corrected chi connectivity index (χ1v) is 12.3. The Morgan fingerprint density at radius 2 is 2.03 bits per heavy atom. The van der Waals surface area contributed by atoms with Gasteiger partial charge in [-0.1, -0.05) is 12.5 Å². The van der Waals surface area contributed by atoms with E-state index in [2.05, 4.69) is 6.92 Å². The quantitative estimate of drug-likeness (QED) is 0.358. The standard InChI is InChI=1S/C25H34O8/c1-23-9-15(10-26)20(27)7-16(23)3-4-18-17-5-6-24(25(33-14-31-24)11-29-13-32-25)19(17)8-21(22(18)23)30-12-28-2/h7,10,15,17-19,21-22H,3-6,8-9,11-14H2,1-2H3/t15?,17?,18?,19?,21-,22?,23-,24+,25?/m0/s1. The molecule has 2 spiro atoms. The summed E-state index contributed by atoms with van der Waals surface area (Å²) >= 11 is 0. The number of hydrogen-bond donors (Lipinski definition) is 0.